The Morgan fingerprint density at radius 2 is 1.87 bits per heavy atom. The Kier molecular flexibility index (Phi) is 8.05. The number of nitrogens with one attached hydrogen (secondary N) is 1. The minimum atomic E-state index is -0.383. The molecule has 226 valence electrons. The minimum Gasteiger partial charge on any atom is -0.324 e. The number of fused-ring (bicyclic) bond motifs is 1. The molecule has 1 unspecified atom stereocenters. The van der Waals surface area contributed by atoms with Gasteiger partial charge in [0.25, 0.3) is 5.56 Å². The molecule has 1 saturated heterocycles. The molecular weight excluding hydrogens is 560 g/mol. The highest BCUT2D eigenvalue weighted by atomic mass is 16.1. The standard InChI is InChI=1S/C37H36N6O2/c1-42-19-7-12-28(23-42)25-13-15-31(16-14-25)40-37-39-21-30-20-32(34(44)27-10-3-2-4-11-27)36(45)43(35(30)41-37)24-29-17-18-38-22-33(29)26-8-5-6-9-26/h2-4,8,10-11,13-18,20-22,28H,5-7,9,12,19,23-24H2,1H3,(H,39,40,41). The Morgan fingerprint density at radius 3 is 2.64 bits per heavy atom. The maximum atomic E-state index is 14.1. The van der Waals surface area contributed by atoms with Gasteiger partial charge in [0.2, 0.25) is 5.95 Å². The van der Waals surface area contributed by atoms with Gasteiger partial charge in [-0.05, 0) is 92.6 Å². The van der Waals surface area contributed by atoms with Crippen molar-refractivity contribution in [2.75, 3.05) is 25.5 Å². The Morgan fingerprint density at radius 1 is 1.02 bits per heavy atom. The van der Waals surface area contributed by atoms with Gasteiger partial charge in [-0.25, -0.2) is 4.98 Å². The molecule has 8 heteroatoms. The fourth-order valence-corrected chi connectivity index (χ4v) is 6.62. The number of carbonyl (C=O) groups excluding carboxylic acids is 1. The molecule has 1 fully saturated rings. The summed E-state index contributed by atoms with van der Waals surface area (Å²) in [5, 5.41) is 3.95. The van der Waals surface area contributed by atoms with E-state index in [1.165, 1.54) is 24.0 Å². The van der Waals surface area contributed by atoms with Crippen molar-refractivity contribution in [1.82, 2.24) is 24.4 Å². The first-order chi connectivity index (χ1) is 22.0. The Hall–Kier alpha value is -4.95. The van der Waals surface area contributed by atoms with Crippen LogP contribution in [-0.4, -0.2) is 50.3 Å². The fraction of sp³-hybridized carbons (Fsp3) is 0.270. The van der Waals surface area contributed by atoms with Gasteiger partial charge in [0.05, 0.1) is 12.1 Å². The minimum absolute atomic E-state index is 0.0950. The van der Waals surface area contributed by atoms with Crippen molar-refractivity contribution in [3.8, 4) is 0 Å². The molecular formula is C37H36N6O2. The topological polar surface area (TPSA) is 93.0 Å². The van der Waals surface area contributed by atoms with Crippen molar-refractivity contribution in [2.24, 2.45) is 0 Å². The molecule has 1 N–H and O–H groups in total. The van der Waals surface area contributed by atoms with Gasteiger partial charge in [0.15, 0.2) is 5.78 Å². The maximum Gasteiger partial charge on any atom is 0.263 e. The highest BCUT2D eigenvalue weighted by Crippen LogP contribution is 2.31. The molecule has 8 nitrogen and oxygen atoms in total. The lowest BCUT2D eigenvalue weighted by atomic mass is 9.91. The lowest BCUT2D eigenvalue weighted by molar-refractivity contribution is 0.103. The van der Waals surface area contributed by atoms with Gasteiger partial charge < -0.3 is 10.2 Å². The van der Waals surface area contributed by atoms with Crippen LogP contribution in [0.1, 0.15) is 70.6 Å². The fourth-order valence-electron chi connectivity index (χ4n) is 6.62. The molecule has 1 aliphatic carbocycles. The zero-order chi connectivity index (χ0) is 30.8. The van der Waals surface area contributed by atoms with E-state index in [2.05, 4.69) is 57.6 Å². The van der Waals surface area contributed by atoms with E-state index in [0.717, 1.165) is 49.2 Å². The Bertz CT molecular complexity index is 1950. The number of piperidine rings is 1. The largest absolute Gasteiger partial charge is 0.324 e. The number of hydrogen-bond donors (Lipinski definition) is 1. The van der Waals surface area contributed by atoms with Crippen LogP contribution in [0.2, 0.25) is 0 Å². The molecule has 1 atom stereocenters. The van der Waals surface area contributed by atoms with Gasteiger partial charge in [0.1, 0.15) is 5.65 Å². The normalized spacial score (nSPS) is 16.9. The van der Waals surface area contributed by atoms with E-state index in [1.807, 2.05) is 18.3 Å². The number of likely N-dealkylation sites (tertiary alicyclic amines) is 1. The molecule has 1 aliphatic heterocycles. The van der Waals surface area contributed by atoms with Gasteiger partial charge in [-0.1, -0.05) is 48.5 Å². The van der Waals surface area contributed by atoms with Crippen LogP contribution in [0.25, 0.3) is 16.6 Å². The number of hydrogen-bond acceptors (Lipinski definition) is 7. The molecule has 0 bridgehead atoms. The van der Waals surface area contributed by atoms with Crippen LogP contribution in [-0.2, 0) is 6.54 Å². The van der Waals surface area contributed by atoms with Crippen LogP contribution in [0, 0.1) is 0 Å². The van der Waals surface area contributed by atoms with Crippen LogP contribution < -0.4 is 10.9 Å². The Labute approximate surface area is 262 Å². The number of benzene rings is 2. The molecule has 0 spiro atoms. The van der Waals surface area contributed by atoms with Crippen molar-refractivity contribution in [3.63, 3.8) is 0 Å². The number of likely N-dealkylation sites (N-methyl/N-ethyl adjacent to an activating group) is 1. The van der Waals surface area contributed by atoms with Gasteiger partial charge >= 0.3 is 0 Å². The first-order valence-electron chi connectivity index (χ1n) is 15.7. The van der Waals surface area contributed by atoms with E-state index in [1.54, 1.807) is 47.3 Å². The van der Waals surface area contributed by atoms with Crippen molar-refractivity contribution >= 4 is 34.0 Å². The number of nitrogens with zero attached hydrogens (tertiary/aromatic N) is 5. The summed E-state index contributed by atoms with van der Waals surface area (Å²) in [6, 6.07) is 20.9. The molecule has 4 heterocycles. The molecule has 0 amide bonds. The second kappa shape index (κ2) is 12.6. The average molecular weight is 597 g/mol. The number of rotatable bonds is 8. The SMILES string of the molecule is CN1CCCC(c2ccc(Nc3ncc4cc(C(=O)c5ccccc5)c(=O)n(Cc5ccncc5C5=CCCC5)c4n3)cc2)C1. The summed E-state index contributed by atoms with van der Waals surface area (Å²) in [4.78, 5) is 43.9. The van der Waals surface area contributed by atoms with E-state index in [0.29, 0.717) is 28.5 Å². The molecule has 7 rings (SSSR count). The van der Waals surface area contributed by atoms with E-state index in [4.69, 9.17) is 4.98 Å². The summed E-state index contributed by atoms with van der Waals surface area (Å²) < 4.78 is 1.61. The summed E-state index contributed by atoms with van der Waals surface area (Å²) in [7, 11) is 2.18. The summed E-state index contributed by atoms with van der Waals surface area (Å²) >= 11 is 0. The summed E-state index contributed by atoms with van der Waals surface area (Å²) in [6.07, 6.45) is 13.1. The van der Waals surface area contributed by atoms with Crippen LogP contribution in [0.3, 0.4) is 0 Å². The summed E-state index contributed by atoms with van der Waals surface area (Å²) in [6.45, 7) is 2.48. The number of pyridine rings is 2. The van der Waals surface area contributed by atoms with Crippen molar-refractivity contribution in [3.05, 3.63) is 130 Å². The van der Waals surface area contributed by atoms with Gasteiger partial charge in [-0.3, -0.25) is 19.1 Å². The molecule has 2 aromatic carbocycles. The lowest BCUT2D eigenvalue weighted by Gasteiger charge is -2.30. The van der Waals surface area contributed by atoms with Crippen molar-refractivity contribution < 1.29 is 4.79 Å². The number of carbonyl (C=O) groups is 1. The second-order valence-electron chi connectivity index (χ2n) is 12.1. The van der Waals surface area contributed by atoms with Crippen molar-refractivity contribution in [2.45, 2.75) is 44.6 Å². The van der Waals surface area contributed by atoms with Gasteiger partial charge in [0, 0.05) is 47.3 Å². The highest BCUT2D eigenvalue weighted by molar-refractivity contribution is 6.10. The second-order valence-corrected chi connectivity index (χ2v) is 12.1. The van der Waals surface area contributed by atoms with Crippen LogP contribution in [0.15, 0.2) is 96.2 Å². The first-order valence-corrected chi connectivity index (χ1v) is 15.7. The van der Waals surface area contributed by atoms with Crippen LogP contribution in [0.5, 0.6) is 0 Å². The number of anilines is 2. The predicted octanol–water partition coefficient (Wildman–Crippen LogP) is 6.59. The van der Waals surface area contributed by atoms with Gasteiger partial charge in [-0.15, -0.1) is 0 Å². The number of aromatic nitrogens is 4. The highest BCUT2D eigenvalue weighted by Gasteiger charge is 2.21. The van der Waals surface area contributed by atoms with Gasteiger partial charge in [-0.2, -0.15) is 4.98 Å². The van der Waals surface area contributed by atoms with E-state index < -0.39 is 0 Å². The lowest BCUT2D eigenvalue weighted by Crippen LogP contribution is -2.30. The molecule has 45 heavy (non-hydrogen) atoms. The molecule has 2 aliphatic rings. The Balaban J connectivity index is 1.27. The van der Waals surface area contributed by atoms with Crippen LogP contribution >= 0.6 is 0 Å². The smallest absolute Gasteiger partial charge is 0.263 e. The quantitative estimate of drug-likeness (QED) is 0.202. The van der Waals surface area contributed by atoms with E-state index >= 15 is 0 Å². The maximum absolute atomic E-state index is 14.1. The zero-order valence-electron chi connectivity index (χ0n) is 25.4. The molecule has 0 saturated carbocycles. The van der Waals surface area contributed by atoms with Crippen molar-refractivity contribution in [1.29, 1.82) is 0 Å². The molecule has 3 aromatic heterocycles. The predicted molar refractivity (Wildman–Crippen MR) is 178 cm³/mol. The summed E-state index contributed by atoms with van der Waals surface area (Å²) in [5.74, 6) is 0.600. The monoisotopic (exact) mass is 596 g/mol. The third kappa shape index (κ3) is 6.06. The third-order valence-electron chi connectivity index (χ3n) is 9.00. The third-order valence-corrected chi connectivity index (χ3v) is 9.00. The average Bonchev–Trinajstić information content (AvgIpc) is 3.62. The number of ketones is 1. The van der Waals surface area contributed by atoms with Crippen LogP contribution in [0.4, 0.5) is 11.6 Å². The first kappa shape index (κ1) is 28.8. The zero-order valence-corrected chi connectivity index (χ0v) is 25.4. The molecule has 5 aromatic rings. The molecule has 0 radical (unpaired) electrons. The van der Waals surface area contributed by atoms with E-state index in [-0.39, 0.29) is 23.5 Å². The summed E-state index contributed by atoms with van der Waals surface area (Å²) in [5.41, 5.74) is 6.08. The number of allylic oxidation sites excluding steroid dienone is 2. The van der Waals surface area contributed by atoms with E-state index in [9.17, 15) is 9.59 Å².